The molecule has 6 nitrogen and oxygen atoms in total. The Balaban J connectivity index is 1.50. The van der Waals surface area contributed by atoms with E-state index in [0.29, 0.717) is 15.6 Å². The van der Waals surface area contributed by atoms with Gasteiger partial charge in [-0.25, -0.2) is 0 Å². The zero-order valence-corrected chi connectivity index (χ0v) is 18.4. The summed E-state index contributed by atoms with van der Waals surface area (Å²) in [6.45, 7) is 4.98. The number of rotatable bonds is 6. The number of nitrogens with one attached hydrogen (secondary N) is 2. The van der Waals surface area contributed by atoms with Crippen molar-refractivity contribution in [2.24, 2.45) is 0 Å². The van der Waals surface area contributed by atoms with Crippen molar-refractivity contribution in [1.29, 1.82) is 0 Å². The molecular formula is C22H21ClN2O4S. The van der Waals surface area contributed by atoms with Gasteiger partial charge >= 0.3 is 5.97 Å². The lowest BCUT2D eigenvalue weighted by atomic mass is 10.1. The molecule has 0 fully saturated rings. The van der Waals surface area contributed by atoms with Gasteiger partial charge < -0.3 is 15.4 Å². The van der Waals surface area contributed by atoms with Crippen LogP contribution in [0.15, 0.2) is 36.4 Å². The molecule has 2 amide bonds. The molecule has 0 aliphatic carbocycles. The van der Waals surface area contributed by atoms with Crippen LogP contribution in [0.5, 0.6) is 0 Å². The van der Waals surface area contributed by atoms with Crippen LogP contribution in [0.1, 0.15) is 26.4 Å². The van der Waals surface area contributed by atoms with E-state index in [9.17, 15) is 14.4 Å². The smallest absolute Gasteiger partial charge is 0.325 e. The quantitative estimate of drug-likeness (QED) is 0.552. The van der Waals surface area contributed by atoms with Gasteiger partial charge in [-0.15, -0.1) is 11.3 Å². The SMILES string of the molecule is Cc1cc(C)c(NC(=O)COC(=O)CNC(=O)c2sc3ccccc3c2Cl)c(C)c1. The zero-order chi connectivity index (χ0) is 21.8. The molecule has 3 rings (SSSR count). The van der Waals surface area contributed by atoms with Crippen LogP contribution in [0.25, 0.3) is 10.1 Å². The second kappa shape index (κ2) is 9.28. The molecule has 3 aromatic rings. The minimum Gasteiger partial charge on any atom is -0.454 e. The number of hydrogen-bond acceptors (Lipinski definition) is 5. The molecule has 0 aliphatic heterocycles. The molecular weight excluding hydrogens is 424 g/mol. The normalized spacial score (nSPS) is 10.7. The first-order valence-electron chi connectivity index (χ1n) is 9.25. The van der Waals surface area contributed by atoms with Crippen molar-refractivity contribution in [1.82, 2.24) is 5.32 Å². The fourth-order valence-electron chi connectivity index (χ4n) is 3.14. The molecule has 2 aromatic carbocycles. The summed E-state index contributed by atoms with van der Waals surface area (Å²) in [7, 11) is 0. The van der Waals surface area contributed by atoms with Crippen LogP contribution in [-0.4, -0.2) is 30.9 Å². The van der Waals surface area contributed by atoms with Crippen molar-refractivity contribution >= 4 is 56.5 Å². The van der Waals surface area contributed by atoms with Crippen LogP contribution < -0.4 is 10.6 Å². The minimum atomic E-state index is -0.715. The van der Waals surface area contributed by atoms with E-state index < -0.39 is 24.4 Å². The average Bonchev–Trinajstić information content (AvgIpc) is 3.04. The lowest BCUT2D eigenvalue weighted by molar-refractivity contribution is -0.146. The molecule has 0 saturated heterocycles. The number of ether oxygens (including phenoxy) is 1. The summed E-state index contributed by atoms with van der Waals surface area (Å²) in [5, 5.41) is 6.37. The van der Waals surface area contributed by atoms with E-state index in [-0.39, 0.29) is 6.54 Å². The topological polar surface area (TPSA) is 84.5 Å². The second-order valence-corrected chi connectivity index (χ2v) is 8.34. The van der Waals surface area contributed by atoms with E-state index in [0.717, 1.165) is 26.8 Å². The van der Waals surface area contributed by atoms with E-state index in [1.807, 2.05) is 57.2 Å². The largest absolute Gasteiger partial charge is 0.454 e. The Hall–Kier alpha value is -2.90. The summed E-state index contributed by atoms with van der Waals surface area (Å²) in [4.78, 5) is 36.7. The molecule has 0 saturated carbocycles. The number of esters is 1. The van der Waals surface area contributed by atoms with Gasteiger partial charge in [0.25, 0.3) is 11.8 Å². The van der Waals surface area contributed by atoms with Crippen molar-refractivity contribution in [2.45, 2.75) is 20.8 Å². The fourth-order valence-corrected chi connectivity index (χ4v) is 4.58. The van der Waals surface area contributed by atoms with E-state index in [1.165, 1.54) is 11.3 Å². The van der Waals surface area contributed by atoms with Gasteiger partial charge in [0.1, 0.15) is 11.4 Å². The highest BCUT2D eigenvalue weighted by molar-refractivity contribution is 7.21. The molecule has 0 unspecified atom stereocenters. The highest BCUT2D eigenvalue weighted by Crippen LogP contribution is 2.34. The number of hydrogen-bond donors (Lipinski definition) is 2. The summed E-state index contributed by atoms with van der Waals surface area (Å²) >= 11 is 7.51. The van der Waals surface area contributed by atoms with Crippen molar-refractivity contribution in [2.75, 3.05) is 18.5 Å². The maximum Gasteiger partial charge on any atom is 0.325 e. The predicted octanol–water partition coefficient (Wildman–Crippen LogP) is 4.39. The number of thiophene rings is 1. The summed E-state index contributed by atoms with van der Waals surface area (Å²) in [6.07, 6.45) is 0. The first kappa shape index (κ1) is 21.8. The summed E-state index contributed by atoms with van der Waals surface area (Å²) < 4.78 is 5.84. The maximum atomic E-state index is 12.3. The third-order valence-electron chi connectivity index (χ3n) is 4.44. The Morgan fingerprint density at radius 1 is 1.07 bits per heavy atom. The number of carbonyl (C=O) groups excluding carboxylic acids is 3. The van der Waals surface area contributed by atoms with Gasteiger partial charge in [0.15, 0.2) is 6.61 Å². The number of aryl methyl sites for hydroxylation is 3. The van der Waals surface area contributed by atoms with Gasteiger partial charge in [-0.05, 0) is 38.0 Å². The number of fused-ring (bicyclic) bond motifs is 1. The van der Waals surface area contributed by atoms with E-state index in [2.05, 4.69) is 10.6 Å². The molecule has 0 bridgehead atoms. The Morgan fingerprint density at radius 3 is 2.40 bits per heavy atom. The third kappa shape index (κ3) is 4.98. The minimum absolute atomic E-state index is 0.328. The average molecular weight is 445 g/mol. The summed E-state index contributed by atoms with van der Waals surface area (Å²) in [5.41, 5.74) is 3.66. The Bertz CT molecular complexity index is 1120. The van der Waals surface area contributed by atoms with Crippen molar-refractivity contribution in [3.63, 3.8) is 0 Å². The Kier molecular flexibility index (Phi) is 6.74. The highest BCUT2D eigenvalue weighted by Gasteiger charge is 2.18. The van der Waals surface area contributed by atoms with Gasteiger partial charge in [0, 0.05) is 15.8 Å². The molecule has 0 aliphatic rings. The molecule has 1 heterocycles. The van der Waals surface area contributed by atoms with E-state index in [1.54, 1.807) is 0 Å². The number of carbonyl (C=O) groups is 3. The van der Waals surface area contributed by atoms with Crippen LogP contribution in [0, 0.1) is 20.8 Å². The van der Waals surface area contributed by atoms with Crippen LogP contribution in [0.2, 0.25) is 5.02 Å². The van der Waals surface area contributed by atoms with E-state index in [4.69, 9.17) is 16.3 Å². The Morgan fingerprint density at radius 2 is 1.73 bits per heavy atom. The van der Waals surface area contributed by atoms with Gasteiger partial charge in [0.05, 0.1) is 5.02 Å². The monoisotopic (exact) mass is 444 g/mol. The molecule has 0 spiro atoms. The van der Waals surface area contributed by atoms with Crippen LogP contribution in [0.3, 0.4) is 0 Å². The first-order chi connectivity index (χ1) is 14.3. The van der Waals surface area contributed by atoms with E-state index >= 15 is 0 Å². The molecule has 156 valence electrons. The van der Waals surface area contributed by atoms with Crippen molar-refractivity contribution < 1.29 is 19.1 Å². The molecule has 1 aromatic heterocycles. The molecule has 0 radical (unpaired) electrons. The highest BCUT2D eigenvalue weighted by atomic mass is 35.5. The first-order valence-corrected chi connectivity index (χ1v) is 10.4. The molecule has 2 N–H and O–H groups in total. The number of anilines is 1. The lowest BCUT2D eigenvalue weighted by Gasteiger charge is -2.13. The van der Waals surface area contributed by atoms with Gasteiger partial charge in [-0.1, -0.05) is 47.5 Å². The standard InChI is InChI=1S/C22H21ClN2O4S/c1-12-8-13(2)20(14(3)9-12)25-17(26)11-29-18(27)10-24-22(28)21-19(23)15-6-4-5-7-16(15)30-21/h4-9H,10-11H2,1-3H3,(H,24,28)(H,25,26). The van der Waals surface area contributed by atoms with Gasteiger partial charge in [0.2, 0.25) is 0 Å². The van der Waals surface area contributed by atoms with Crippen molar-refractivity contribution in [3.05, 3.63) is 63.0 Å². The molecule has 8 heteroatoms. The predicted molar refractivity (Wildman–Crippen MR) is 119 cm³/mol. The van der Waals surface area contributed by atoms with Crippen molar-refractivity contribution in [3.8, 4) is 0 Å². The zero-order valence-electron chi connectivity index (χ0n) is 16.8. The number of halogens is 1. The molecule has 0 atom stereocenters. The maximum absolute atomic E-state index is 12.3. The van der Waals surface area contributed by atoms with Crippen LogP contribution in [-0.2, 0) is 14.3 Å². The fraction of sp³-hybridized carbons (Fsp3) is 0.227. The third-order valence-corrected chi connectivity index (χ3v) is 6.11. The summed E-state index contributed by atoms with van der Waals surface area (Å²) in [5.74, 6) is -1.63. The molecule has 30 heavy (non-hydrogen) atoms. The number of benzene rings is 2. The van der Waals surface area contributed by atoms with Crippen LogP contribution in [0.4, 0.5) is 5.69 Å². The van der Waals surface area contributed by atoms with Gasteiger partial charge in [-0.2, -0.15) is 0 Å². The Labute approximate surface area is 183 Å². The second-order valence-electron chi connectivity index (χ2n) is 6.91. The number of amides is 2. The van der Waals surface area contributed by atoms with Crippen LogP contribution >= 0.6 is 22.9 Å². The summed E-state index contributed by atoms with van der Waals surface area (Å²) in [6, 6.07) is 11.3. The van der Waals surface area contributed by atoms with Gasteiger partial charge in [-0.3, -0.25) is 14.4 Å². The lowest BCUT2D eigenvalue weighted by Crippen LogP contribution is -2.32.